The molecule has 0 fully saturated rings. The van der Waals surface area contributed by atoms with Gasteiger partial charge in [-0.1, -0.05) is 30.7 Å². The van der Waals surface area contributed by atoms with Crippen LogP contribution in [0.25, 0.3) is 0 Å². The van der Waals surface area contributed by atoms with Gasteiger partial charge < -0.3 is 14.8 Å². The van der Waals surface area contributed by atoms with Crippen molar-refractivity contribution in [3.05, 3.63) is 53.1 Å². The SMILES string of the molecule is CCCOc1cc(CNc2cccc(Cl)c2)ccc1OC. The van der Waals surface area contributed by atoms with Crippen molar-refractivity contribution in [1.29, 1.82) is 0 Å². The lowest BCUT2D eigenvalue weighted by Crippen LogP contribution is -2.02. The fraction of sp³-hybridized carbons (Fsp3) is 0.294. The van der Waals surface area contributed by atoms with E-state index >= 15 is 0 Å². The van der Waals surface area contributed by atoms with E-state index in [0.717, 1.165) is 34.2 Å². The second-order valence-corrected chi connectivity index (χ2v) is 5.13. The minimum absolute atomic E-state index is 0.682. The lowest BCUT2D eigenvalue weighted by atomic mass is 10.2. The van der Waals surface area contributed by atoms with Gasteiger partial charge in [-0.25, -0.2) is 0 Å². The van der Waals surface area contributed by atoms with E-state index in [2.05, 4.69) is 12.2 Å². The number of ether oxygens (including phenoxy) is 2. The number of methoxy groups -OCH3 is 1. The molecule has 0 aromatic heterocycles. The number of hydrogen-bond donors (Lipinski definition) is 1. The van der Waals surface area contributed by atoms with E-state index in [1.165, 1.54) is 0 Å². The monoisotopic (exact) mass is 305 g/mol. The molecule has 1 N–H and O–H groups in total. The summed E-state index contributed by atoms with van der Waals surface area (Å²) >= 11 is 5.97. The molecule has 0 aliphatic heterocycles. The first kappa shape index (κ1) is 15.5. The van der Waals surface area contributed by atoms with Crippen molar-refractivity contribution < 1.29 is 9.47 Å². The number of anilines is 1. The van der Waals surface area contributed by atoms with Crippen molar-refractivity contribution >= 4 is 17.3 Å². The second kappa shape index (κ2) is 7.79. The van der Waals surface area contributed by atoms with E-state index < -0.39 is 0 Å². The van der Waals surface area contributed by atoms with Gasteiger partial charge in [0.2, 0.25) is 0 Å². The summed E-state index contributed by atoms with van der Waals surface area (Å²) in [5.41, 5.74) is 2.12. The molecule has 4 heteroatoms. The molecule has 0 bridgehead atoms. The highest BCUT2D eigenvalue weighted by Gasteiger charge is 2.05. The van der Waals surface area contributed by atoms with E-state index in [4.69, 9.17) is 21.1 Å². The summed E-state index contributed by atoms with van der Waals surface area (Å²) in [4.78, 5) is 0. The van der Waals surface area contributed by atoms with E-state index in [9.17, 15) is 0 Å². The summed E-state index contributed by atoms with van der Waals surface area (Å²) < 4.78 is 11.0. The van der Waals surface area contributed by atoms with Crippen LogP contribution in [-0.4, -0.2) is 13.7 Å². The highest BCUT2D eigenvalue weighted by atomic mass is 35.5. The van der Waals surface area contributed by atoms with Crippen molar-refractivity contribution in [1.82, 2.24) is 0 Å². The number of rotatable bonds is 7. The predicted octanol–water partition coefficient (Wildman–Crippen LogP) is 4.75. The first-order chi connectivity index (χ1) is 10.2. The third-order valence-electron chi connectivity index (χ3n) is 3.01. The molecule has 0 spiro atoms. The van der Waals surface area contributed by atoms with Crippen LogP contribution in [0.1, 0.15) is 18.9 Å². The molecular weight excluding hydrogens is 286 g/mol. The molecule has 0 radical (unpaired) electrons. The Morgan fingerprint density at radius 1 is 1.10 bits per heavy atom. The summed E-state index contributed by atoms with van der Waals surface area (Å²) in [7, 11) is 1.65. The van der Waals surface area contributed by atoms with E-state index in [-0.39, 0.29) is 0 Å². The smallest absolute Gasteiger partial charge is 0.161 e. The summed E-state index contributed by atoms with van der Waals surface area (Å²) in [6.45, 7) is 3.46. The number of halogens is 1. The fourth-order valence-electron chi connectivity index (χ4n) is 1.96. The van der Waals surface area contributed by atoms with Crippen LogP contribution in [-0.2, 0) is 6.54 Å². The molecule has 0 saturated carbocycles. The van der Waals surface area contributed by atoms with Crippen LogP contribution in [0.4, 0.5) is 5.69 Å². The predicted molar refractivity (Wildman–Crippen MR) is 87.6 cm³/mol. The van der Waals surface area contributed by atoms with E-state index in [1.54, 1.807) is 7.11 Å². The van der Waals surface area contributed by atoms with Crippen molar-refractivity contribution in [2.45, 2.75) is 19.9 Å². The molecule has 21 heavy (non-hydrogen) atoms. The van der Waals surface area contributed by atoms with Gasteiger partial charge in [-0.05, 0) is 42.3 Å². The third-order valence-corrected chi connectivity index (χ3v) is 3.25. The zero-order valence-electron chi connectivity index (χ0n) is 12.4. The number of nitrogens with one attached hydrogen (secondary N) is 1. The molecular formula is C17H20ClNO2. The Morgan fingerprint density at radius 2 is 1.95 bits per heavy atom. The van der Waals surface area contributed by atoms with Crippen molar-refractivity contribution in [2.75, 3.05) is 19.0 Å². The number of benzene rings is 2. The first-order valence-electron chi connectivity index (χ1n) is 7.02. The molecule has 0 aliphatic rings. The maximum absolute atomic E-state index is 5.97. The minimum atomic E-state index is 0.682. The molecule has 0 unspecified atom stereocenters. The highest BCUT2D eigenvalue weighted by Crippen LogP contribution is 2.28. The van der Waals surface area contributed by atoms with Crippen molar-refractivity contribution in [3.8, 4) is 11.5 Å². The van der Waals surface area contributed by atoms with Crippen LogP contribution >= 0.6 is 11.6 Å². The van der Waals surface area contributed by atoms with Crippen molar-refractivity contribution in [2.24, 2.45) is 0 Å². The highest BCUT2D eigenvalue weighted by molar-refractivity contribution is 6.30. The van der Waals surface area contributed by atoms with Gasteiger partial charge in [0.25, 0.3) is 0 Å². The summed E-state index contributed by atoms with van der Waals surface area (Å²) in [6.07, 6.45) is 0.966. The summed E-state index contributed by atoms with van der Waals surface area (Å²) in [5, 5.41) is 4.07. The molecule has 0 atom stereocenters. The molecule has 3 nitrogen and oxygen atoms in total. The molecule has 0 aliphatic carbocycles. The van der Waals surface area contributed by atoms with Gasteiger partial charge in [0.1, 0.15) is 0 Å². The maximum Gasteiger partial charge on any atom is 0.161 e. The molecule has 0 saturated heterocycles. The average Bonchev–Trinajstić information content (AvgIpc) is 2.51. The Labute approximate surface area is 130 Å². The quantitative estimate of drug-likeness (QED) is 0.800. The third kappa shape index (κ3) is 4.57. The van der Waals surface area contributed by atoms with Gasteiger partial charge in [-0.3, -0.25) is 0 Å². The Morgan fingerprint density at radius 3 is 2.67 bits per heavy atom. The van der Waals surface area contributed by atoms with Crippen LogP contribution in [0, 0.1) is 0 Å². The van der Waals surface area contributed by atoms with Gasteiger partial charge in [0, 0.05) is 17.3 Å². The zero-order valence-corrected chi connectivity index (χ0v) is 13.1. The second-order valence-electron chi connectivity index (χ2n) is 4.70. The van der Waals surface area contributed by atoms with Crippen LogP contribution in [0.5, 0.6) is 11.5 Å². The Balaban J connectivity index is 2.06. The Hall–Kier alpha value is -1.87. The van der Waals surface area contributed by atoms with E-state index in [0.29, 0.717) is 13.2 Å². The summed E-state index contributed by atoms with van der Waals surface area (Å²) in [5.74, 6) is 1.54. The average molecular weight is 306 g/mol. The molecule has 112 valence electrons. The van der Waals surface area contributed by atoms with Crippen LogP contribution in [0.3, 0.4) is 0 Å². The van der Waals surface area contributed by atoms with Gasteiger partial charge in [0.05, 0.1) is 13.7 Å². The van der Waals surface area contributed by atoms with E-state index in [1.807, 2.05) is 42.5 Å². The Bertz CT molecular complexity index is 587. The summed E-state index contributed by atoms with van der Waals surface area (Å²) in [6, 6.07) is 13.6. The molecule has 0 amide bonds. The van der Waals surface area contributed by atoms with Crippen LogP contribution in [0.15, 0.2) is 42.5 Å². The topological polar surface area (TPSA) is 30.5 Å². The van der Waals surface area contributed by atoms with Crippen LogP contribution in [0.2, 0.25) is 5.02 Å². The van der Waals surface area contributed by atoms with Crippen molar-refractivity contribution in [3.63, 3.8) is 0 Å². The lowest BCUT2D eigenvalue weighted by molar-refractivity contribution is 0.294. The molecule has 2 aromatic carbocycles. The first-order valence-corrected chi connectivity index (χ1v) is 7.40. The van der Waals surface area contributed by atoms with Crippen LogP contribution < -0.4 is 14.8 Å². The van der Waals surface area contributed by atoms with Gasteiger partial charge in [-0.15, -0.1) is 0 Å². The van der Waals surface area contributed by atoms with Gasteiger partial charge in [-0.2, -0.15) is 0 Å². The molecule has 2 aromatic rings. The fourth-order valence-corrected chi connectivity index (χ4v) is 2.15. The standard InChI is InChI=1S/C17H20ClNO2/c1-3-9-21-17-10-13(7-8-16(17)20-2)12-19-15-6-4-5-14(18)11-15/h4-8,10-11,19H,3,9,12H2,1-2H3. The lowest BCUT2D eigenvalue weighted by Gasteiger charge is -2.13. The largest absolute Gasteiger partial charge is 0.493 e. The minimum Gasteiger partial charge on any atom is -0.493 e. The molecule has 0 heterocycles. The maximum atomic E-state index is 5.97. The number of hydrogen-bond acceptors (Lipinski definition) is 3. The molecule has 2 rings (SSSR count). The normalized spacial score (nSPS) is 10.2. The zero-order chi connectivity index (χ0) is 15.1. The van der Waals surface area contributed by atoms with Gasteiger partial charge >= 0.3 is 0 Å². The Kier molecular flexibility index (Phi) is 5.76. The van der Waals surface area contributed by atoms with Gasteiger partial charge in [0.15, 0.2) is 11.5 Å².